The molecule has 1 aromatic heterocycles. The van der Waals surface area contributed by atoms with Crippen LogP contribution in [0.1, 0.15) is 29.0 Å². The number of piperidine rings is 1. The summed E-state index contributed by atoms with van der Waals surface area (Å²) < 4.78 is 44.9. The van der Waals surface area contributed by atoms with Crippen LogP contribution in [0.4, 0.5) is 4.39 Å². The van der Waals surface area contributed by atoms with Crippen molar-refractivity contribution in [1.29, 1.82) is 0 Å². The van der Waals surface area contributed by atoms with E-state index in [0.29, 0.717) is 11.3 Å². The van der Waals surface area contributed by atoms with Crippen LogP contribution in [0, 0.1) is 18.7 Å². The van der Waals surface area contributed by atoms with E-state index in [9.17, 15) is 22.4 Å². The Morgan fingerprint density at radius 2 is 1.90 bits per heavy atom. The van der Waals surface area contributed by atoms with Gasteiger partial charge in [0.15, 0.2) is 0 Å². The van der Waals surface area contributed by atoms with E-state index >= 15 is 0 Å². The number of nitrogens with one attached hydrogen (secondary N) is 2. The van der Waals surface area contributed by atoms with Crippen LogP contribution in [-0.4, -0.2) is 37.6 Å². The van der Waals surface area contributed by atoms with Gasteiger partial charge in [0, 0.05) is 19.0 Å². The molecule has 2 heterocycles. The lowest BCUT2D eigenvalue weighted by Crippen LogP contribution is -2.48. The molecular formula is C18H19ClFN3O5S. The molecule has 1 aromatic carbocycles. The molecule has 0 saturated carbocycles. The van der Waals surface area contributed by atoms with E-state index < -0.39 is 33.6 Å². The number of hydrogen-bond acceptors (Lipinski definition) is 5. The lowest BCUT2D eigenvalue weighted by molar-refractivity contribution is -0.126. The largest absolute Gasteiger partial charge is 0.469 e. The van der Waals surface area contributed by atoms with Crippen molar-refractivity contribution in [2.75, 3.05) is 13.1 Å². The van der Waals surface area contributed by atoms with Crippen molar-refractivity contribution in [3.05, 3.63) is 52.7 Å². The highest BCUT2D eigenvalue weighted by Gasteiger charge is 2.32. The Labute approximate surface area is 172 Å². The number of carbonyl (C=O) groups excluding carboxylic acids is 2. The predicted octanol–water partition coefficient (Wildman–Crippen LogP) is 2.24. The molecule has 3 rings (SSSR count). The van der Waals surface area contributed by atoms with E-state index in [1.165, 1.54) is 16.6 Å². The van der Waals surface area contributed by atoms with Crippen molar-refractivity contribution in [2.24, 2.45) is 5.92 Å². The first kappa shape index (κ1) is 21.3. The minimum atomic E-state index is -3.84. The van der Waals surface area contributed by atoms with Crippen LogP contribution in [-0.2, 0) is 14.8 Å². The monoisotopic (exact) mass is 443 g/mol. The van der Waals surface area contributed by atoms with Crippen LogP contribution in [0.25, 0.3) is 0 Å². The number of carbonyl (C=O) groups is 2. The molecule has 0 radical (unpaired) electrons. The molecule has 2 amide bonds. The number of rotatable bonds is 4. The summed E-state index contributed by atoms with van der Waals surface area (Å²) in [6, 6.07) is 4.71. The molecule has 1 aliphatic heterocycles. The minimum absolute atomic E-state index is 0.102. The zero-order valence-electron chi connectivity index (χ0n) is 15.4. The molecule has 29 heavy (non-hydrogen) atoms. The van der Waals surface area contributed by atoms with E-state index in [4.69, 9.17) is 16.0 Å². The first-order chi connectivity index (χ1) is 13.7. The highest BCUT2D eigenvalue weighted by atomic mass is 35.5. The number of aryl methyl sites for hydroxylation is 1. The summed E-state index contributed by atoms with van der Waals surface area (Å²) in [5.41, 5.74) is 4.99. The summed E-state index contributed by atoms with van der Waals surface area (Å²) in [5.74, 6) is -1.63. The number of halogens is 2. The van der Waals surface area contributed by atoms with Gasteiger partial charge in [0.05, 0.1) is 21.7 Å². The Kier molecular flexibility index (Phi) is 6.25. The minimum Gasteiger partial charge on any atom is -0.469 e. The summed E-state index contributed by atoms with van der Waals surface area (Å²) in [6.07, 6.45) is 1.93. The molecule has 0 spiro atoms. The van der Waals surface area contributed by atoms with E-state index in [1.807, 2.05) is 0 Å². The van der Waals surface area contributed by atoms with Gasteiger partial charge in [0.25, 0.3) is 5.91 Å². The third kappa shape index (κ3) is 4.60. The highest BCUT2D eigenvalue weighted by Crippen LogP contribution is 2.26. The molecule has 0 atom stereocenters. The van der Waals surface area contributed by atoms with Crippen molar-refractivity contribution in [1.82, 2.24) is 15.2 Å². The van der Waals surface area contributed by atoms with E-state index in [2.05, 4.69) is 10.9 Å². The summed E-state index contributed by atoms with van der Waals surface area (Å²) >= 11 is 5.68. The maximum Gasteiger partial charge on any atom is 0.273 e. The molecule has 8 nitrogen and oxygen atoms in total. The normalized spacial score (nSPS) is 15.8. The zero-order chi connectivity index (χ0) is 21.2. The van der Waals surface area contributed by atoms with Crippen LogP contribution in [0.15, 0.2) is 39.8 Å². The number of amides is 2. The Morgan fingerprint density at radius 1 is 1.21 bits per heavy atom. The Hall–Kier alpha value is -2.43. The van der Waals surface area contributed by atoms with Crippen molar-refractivity contribution in [3.8, 4) is 0 Å². The number of hydrogen-bond donors (Lipinski definition) is 2. The molecule has 2 N–H and O–H groups in total. The number of nitrogens with zero attached hydrogens (tertiary/aromatic N) is 1. The van der Waals surface area contributed by atoms with Gasteiger partial charge < -0.3 is 4.42 Å². The van der Waals surface area contributed by atoms with Crippen molar-refractivity contribution in [2.45, 2.75) is 24.7 Å². The second kappa shape index (κ2) is 8.52. The van der Waals surface area contributed by atoms with Crippen LogP contribution >= 0.6 is 11.6 Å². The number of hydrazine groups is 1. The summed E-state index contributed by atoms with van der Waals surface area (Å²) in [5, 5.41) is -0.274. The topological polar surface area (TPSA) is 109 Å². The second-order valence-corrected chi connectivity index (χ2v) is 8.93. The maximum atomic E-state index is 13.3. The molecule has 2 aromatic rings. The molecule has 0 bridgehead atoms. The lowest BCUT2D eigenvalue weighted by atomic mass is 9.98. The molecule has 11 heteroatoms. The molecule has 0 aliphatic carbocycles. The summed E-state index contributed by atoms with van der Waals surface area (Å²) in [6.45, 7) is 1.86. The first-order valence-electron chi connectivity index (χ1n) is 8.79. The van der Waals surface area contributed by atoms with E-state index in [0.717, 1.165) is 18.2 Å². The zero-order valence-corrected chi connectivity index (χ0v) is 17.0. The van der Waals surface area contributed by atoms with Crippen LogP contribution in [0.3, 0.4) is 0 Å². The van der Waals surface area contributed by atoms with Crippen LogP contribution < -0.4 is 10.9 Å². The van der Waals surface area contributed by atoms with Crippen LogP contribution in [0.5, 0.6) is 0 Å². The van der Waals surface area contributed by atoms with Crippen molar-refractivity contribution < 1.29 is 26.8 Å². The van der Waals surface area contributed by atoms with E-state index in [-0.39, 0.29) is 35.8 Å². The van der Waals surface area contributed by atoms with E-state index in [1.54, 1.807) is 6.92 Å². The summed E-state index contributed by atoms with van der Waals surface area (Å²) in [7, 11) is -3.84. The second-order valence-electron chi connectivity index (χ2n) is 6.59. The number of sulfonamides is 1. The molecule has 0 unspecified atom stereocenters. The molecule has 156 valence electrons. The third-order valence-corrected chi connectivity index (χ3v) is 6.94. The fraction of sp³-hybridized carbons (Fsp3) is 0.333. The average molecular weight is 444 g/mol. The first-order valence-corrected chi connectivity index (χ1v) is 10.6. The SMILES string of the molecule is Cc1occc1C(=O)NNC(=O)C1CCN(S(=O)(=O)c2ccc(F)c(Cl)c2)CC1. The number of furan rings is 1. The molecule has 1 saturated heterocycles. The Morgan fingerprint density at radius 3 is 2.48 bits per heavy atom. The standard InChI is InChI=1S/C18H19ClFN3O5S/c1-11-14(6-9-28-11)18(25)22-21-17(24)12-4-7-23(8-5-12)29(26,27)13-2-3-16(20)15(19)10-13/h2-3,6,9-10,12H,4-5,7-8H2,1H3,(H,21,24)(H,22,25). The van der Waals surface area contributed by atoms with Crippen molar-refractivity contribution >= 4 is 33.4 Å². The van der Waals surface area contributed by atoms with Gasteiger partial charge in [-0.05, 0) is 44.0 Å². The van der Waals surface area contributed by atoms with Gasteiger partial charge in [0.2, 0.25) is 15.9 Å². The quantitative estimate of drug-likeness (QED) is 0.704. The van der Waals surface area contributed by atoms with Gasteiger partial charge in [0.1, 0.15) is 11.6 Å². The third-order valence-electron chi connectivity index (χ3n) is 4.76. The number of benzene rings is 1. The summed E-state index contributed by atoms with van der Waals surface area (Å²) in [4.78, 5) is 24.2. The average Bonchev–Trinajstić information content (AvgIpc) is 3.14. The fourth-order valence-electron chi connectivity index (χ4n) is 3.05. The molecule has 1 aliphatic rings. The maximum absolute atomic E-state index is 13.3. The molecular weight excluding hydrogens is 425 g/mol. The van der Waals surface area contributed by atoms with Gasteiger partial charge in [-0.25, -0.2) is 12.8 Å². The smallest absolute Gasteiger partial charge is 0.273 e. The van der Waals surface area contributed by atoms with Gasteiger partial charge >= 0.3 is 0 Å². The van der Waals surface area contributed by atoms with Gasteiger partial charge in [-0.15, -0.1) is 0 Å². The van der Waals surface area contributed by atoms with Gasteiger partial charge in [-0.1, -0.05) is 11.6 Å². The van der Waals surface area contributed by atoms with Crippen molar-refractivity contribution in [3.63, 3.8) is 0 Å². The van der Waals surface area contributed by atoms with Gasteiger partial charge in [-0.2, -0.15) is 4.31 Å². The Balaban J connectivity index is 1.55. The van der Waals surface area contributed by atoms with Gasteiger partial charge in [-0.3, -0.25) is 20.4 Å². The van der Waals surface area contributed by atoms with Crippen LogP contribution in [0.2, 0.25) is 5.02 Å². The predicted molar refractivity (Wildman–Crippen MR) is 102 cm³/mol. The molecule has 1 fully saturated rings. The fourth-order valence-corrected chi connectivity index (χ4v) is 4.79. The highest BCUT2D eigenvalue weighted by molar-refractivity contribution is 7.89. The lowest BCUT2D eigenvalue weighted by Gasteiger charge is -2.30. The Bertz CT molecular complexity index is 1030.